The fraction of sp³-hybridized carbons (Fsp3) is 0.250. The van der Waals surface area contributed by atoms with Gasteiger partial charge in [0.1, 0.15) is 17.8 Å². The first-order valence-corrected chi connectivity index (χ1v) is 9.35. The van der Waals surface area contributed by atoms with Crippen molar-refractivity contribution in [3.63, 3.8) is 0 Å². The number of anilines is 1. The van der Waals surface area contributed by atoms with Crippen LogP contribution in [0.4, 0.5) is 5.82 Å². The number of nitrogens with one attached hydrogen (secondary N) is 1. The highest BCUT2D eigenvalue weighted by atomic mass is 32.2. The third-order valence-electron chi connectivity index (χ3n) is 3.80. The van der Waals surface area contributed by atoms with Gasteiger partial charge < -0.3 is 10.3 Å². The van der Waals surface area contributed by atoms with Gasteiger partial charge in [0.15, 0.2) is 0 Å². The molecule has 2 heterocycles. The van der Waals surface area contributed by atoms with Crippen LogP contribution in [0.2, 0.25) is 0 Å². The quantitative estimate of drug-likeness (QED) is 0.768. The monoisotopic (exact) mass is 329 g/mol. The second-order valence-corrected chi connectivity index (χ2v) is 8.19. The number of aromatic nitrogens is 3. The van der Waals surface area contributed by atoms with Crippen LogP contribution < -0.4 is 5.73 Å². The highest BCUT2D eigenvalue weighted by Gasteiger charge is 2.13. The van der Waals surface area contributed by atoms with Crippen molar-refractivity contribution in [2.75, 3.05) is 17.7 Å². The van der Waals surface area contributed by atoms with Crippen molar-refractivity contribution in [1.29, 1.82) is 4.78 Å². The van der Waals surface area contributed by atoms with Crippen molar-refractivity contribution in [3.8, 4) is 11.1 Å². The Hall–Kier alpha value is -2.41. The molecule has 0 aliphatic heterocycles. The summed E-state index contributed by atoms with van der Waals surface area (Å²) in [7, 11) is -0.556. The number of hydrogen-bond donors (Lipinski definition) is 2. The zero-order valence-electron chi connectivity index (χ0n) is 13.1. The first kappa shape index (κ1) is 15.5. The molecule has 23 heavy (non-hydrogen) atoms. The fourth-order valence-corrected chi connectivity index (χ4v) is 3.29. The number of nitrogen functional groups attached to an aromatic ring is 1. The maximum absolute atomic E-state index is 11.6. The molecule has 0 fully saturated rings. The summed E-state index contributed by atoms with van der Waals surface area (Å²) in [6.07, 6.45) is 5.54. The summed E-state index contributed by atoms with van der Waals surface area (Å²) in [4.78, 5) is 8.38. The smallest absolute Gasteiger partial charge is 0.145 e. The summed E-state index contributed by atoms with van der Waals surface area (Å²) in [6, 6.07) is 8.01. The lowest BCUT2D eigenvalue weighted by Gasteiger charge is -2.06. The topological polar surface area (TPSA) is 97.7 Å². The average Bonchev–Trinajstić information content (AvgIpc) is 2.84. The standard InChI is InChI=1S/C16H19N5OS/c1-21-9-13(14-15(17)19-10-20-16(14)21)12-5-3-4-11(8-12)6-7-23(2,18)22/h3-5,8-10,18H,6-7H2,1-2H3,(H2,17,19,20). The second kappa shape index (κ2) is 5.66. The van der Waals surface area contributed by atoms with Crippen LogP contribution in [0.3, 0.4) is 0 Å². The molecular weight excluding hydrogens is 310 g/mol. The molecule has 0 radical (unpaired) electrons. The summed E-state index contributed by atoms with van der Waals surface area (Å²) in [5.41, 5.74) is 9.87. The van der Waals surface area contributed by atoms with E-state index < -0.39 is 9.73 Å². The van der Waals surface area contributed by atoms with Gasteiger partial charge >= 0.3 is 0 Å². The van der Waals surface area contributed by atoms with E-state index in [4.69, 9.17) is 10.5 Å². The summed E-state index contributed by atoms with van der Waals surface area (Å²) < 4.78 is 21.0. The maximum Gasteiger partial charge on any atom is 0.145 e. The van der Waals surface area contributed by atoms with Crippen LogP contribution in [0.5, 0.6) is 0 Å². The van der Waals surface area contributed by atoms with Crippen LogP contribution in [0.1, 0.15) is 5.56 Å². The van der Waals surface area contributed by atoms with Gasteiger partial charge in [-0.2, -0.15) is 0 Å². The predicted octanol–water partition coefficient (Wildman–Crippen LogP) is 2.44. The van der Waals surface area contributed by atoms with E-state index in [0.29, 0.717) is 18.0 Å². The Morgan fingerprint density at radius 2 is 2.13 bits per heavy atom. The van der Waals surface area contributed by atoms with Gasteiger partial charge in [0.2, 0.25) is 0 Å². The highest BCUT2D eigenvalue weighted by Crippen LogP contribution is 2.32. The van der Waals surface area contributed by atoms with E-state index >= 15 is 0 Å². The van der Waals surface area contributed by atoms with Crippen LogP contribution in [0, 0.1) is 4.78 Å². The normalized spacial score (nSPS) is 14.0. The van der Waals surface area contributed by atoms with Crippen LogP contribution in [-0.4, -0.2) is 30.8 Å². The lowest BCUT2D eigenvalue weighted by atomic mass is 10.0. The molecule has 0 aliphatic carbocycles. The Labute approximate surface area is 135 Å². The Balaban J connectivity index is 2.06. The molecule has 120 valence electrons. The third-order valence-corrected chi connectivity index (χ3v) is 4.78. The fourth-order valence-electron chi connectivity index (χ4n) is 2.66. The number of benzene rings is 1. The minimum absolute atomic E-state index is 0.358. The molecular formula is C16H19N5OS. The summed E-state index contributed by atoms with van der Waals surface area (Å²) in [5.74, 6) is 0.816. The molecule has 1 aromatic carbocycles. The molecule has 3 aromatic rings. The van der Waals surface area contributed by atoms with E-state index in [-0.39, 0.29) is 0 Å². The summed E-state index contributed by atoms with van der Waals surface area (Å²) >= 11 is 0. The number of aryl methyl sites for hydroxylation is 2. The molecule has 1 atom stereocenters. The maximum atomic E-state index is 11.6. The zero-order chi connectivity index (χ0) is 16.6. The number of fused-ring (bicyclic) bond motifs is 1. The molecule has 6 nitrogen and oxygen atoms in total. The van der Waals surface area contributed by atoms with Crippen LogP contribution in [-0.2, 0) is 23.2 Å². The van der Waals surface area contributed by atoms with Crippen molar-refractivity contribution >= 4 is 26.6 Å². The molecule has 0 amide bonds. The number of nitrogens with zero attached hydrogens (tertiary/aromatic N) is 3. The van der Waals surface area contributed by atoms with E-state index in [1.54, 1.807) is 0 Å². The molecule has 3 N–H and O–H groups in total. The summed E-state index contributed by atoms with van der Waals surface area (Å²) in [5, 5.41) is 0.840. The van der Waals surface area contributed by atoms with Crippen LogP contribution >= 0.6 is 0 Å². The van der Waals surface area contributed by atoms with Crippen molar-refractivity contribution < 1.29 is 4.21 Å². The Morgan fingerprint density at radius 1 is 1.35 bits per heavy atom. The number of nitrogens with two attached hydrogens (primary N) is 1. The average molecular weight is 329 g/mol. The molecule has 7 heteroatoms. The van der Waals surface area contributed by atoms with Gasteiger partial charge in [-0.05, 0) is 17.5 Å². The molecule has 0 aliphatic rings. The van der Waals surface area contributed by atoms with E-state index in [0.717, 1.165) is 27.7 Å². The zero-order valence-corrected chi connectivity index (χ0v) is 13.9. The van der Waals surface area contributed by atoms with Gasteiger partial charge in [0.25, 0.3) is 0 Å². The van der Waals surface area contributed by atoms with E-state index in [9.17, 15) is 4.21 Å². The number of hydrogen-bond acceptors (Lipinski definition) is 5. The summed E-state index contributed by atoms with van der Waals surface area (Å²) in [6.45, 7) is 0. The van der Waals surface area contributed by atoms with Gasteiger partial charge in [-0.1, -0.05) is 24.3 Å². The van der Waals surface area contributed by atoms with Crippen LogP contribution in [0.15, 0.2) is 36.8 Å². The van der Waals surface area contributed by atoms with Crippen molar-refractivity contribution in [2.24, 2.45) is 7.05 Å². The molecule has 0 saturated carbocycles. The predicted molar refractivity (Wildman–Crippen MR) is 93.7 cm³/mol. The molecule has 0 spiro atoms. The van der Waals surface area contributed by atoms with E-state index in [1.807, 2.05) is 42.1 Å². The van der Waals surface area contributed by atoms with Gasteiger partial charge in [-0.25, -0.2) is 9.97 Å². The van der Waals surface area contributed by atoms with Crippen LogP contribution in [0.25, 0.3) is 22.2 Å². The highest BCUT2D eigenvalue weighted by molar-refractivity contribution is 7.91. The van der Waals surface area contributed by atoms with Crippen molar-refractivity contribution in [1.82, 2.24) is 14.5 Å². The lowest BCUT2D eigenvalue weighted by molar-refractivity contribution is 0.678. The van der Waals surface area contributed by atoms with Crippen molar-refractivity contribution in [3.05, 3.63) is 42.4 Å². The minimum atomic E-state index is -2.48. The van der Waals surface area contributed by atoms with Gasteiger partial charge in [-0.3, -0.25) is 8.99 Å². The van der Waals surface area contributed by atoms with E-state index in [1.165, 1.54) is 12.6 Å². The Bertz CT molecular complexity index is 975. The molecule has 0 saturated heterocycles. The first-order valence-electron chi connectivity index (χ1n) is 7.21. The number of rotatable bonds is 4. The van der Waals surface area contributed by atoms with Gasteiger partial charge in [0.05, 0.1) is 5.39 Å². The molecule has 2 aromatic heterocycles. The molecule has 3 rings (SSSR count). The Morgan fingerprint density at radius 3 is 2.87 bits per heavy atom. The third kappa shape index (κ3) is 3.19. The second-order valence-electron chi connectivity index (χ2n) is 5.77. The van der Waals surface area contributed by atoms with Gasteiger partial charge in [-0.15, -0.1) is 0 Å². The SMILES string of the molecule is Cn1cc(-c2cccc(CCS(C)(=N)=O)c2)c2c(N)ncnc21. The largest absolute Gasteiger partial charge is 0.383 e. The van der Waals surface area contributed by atoms with E-state index in [2.05, 4.69) is 9.97 Å². The molecule has 1 unspecified atom stereocenters. The van der Waals surface area contributed by atoms with Crippen molar-refractivity contribution in [2.45, 2.75) is 6.42 Å². The van der Waals surface area contributed by atoms with Gasteiger partial charge in [0, 0.05) is 40.5 Å². The lowest BCUT2D eigenvalue weighted by Crippen LogP contribution is -2.04. The Kier molecular flexibility index (Phi) is 3.81. The molecule has 0 bridgehead atoms. The first-order chi connectivity index (χ1) is 10.8. The minimum Gasteiger partial charge on any atom is -0.383 e.